The van der Waals surface area contributed by atoms with Gasteiger partial charge in [0.2, 0.25) is 0 Å². The molecular weight excluding hydrogens is 244 g/mol. The van der Waals surface area contributed by atoms with Gasteiger partial charge in [-0.25, -0.2) is 9.78 Å². The number of para-hydroxylation sites is 1. The summed E-state index contributed by atoms with van der Waals surface area (Å²) in [5.41, 5.74) is 1.96. The minimum Gasteiger partial charge on any atom is -0.395 e. The van der Waals surface area contributed by atoms with Crippen molar-refractivity contribution in [2.75, 3.05) is 13.2 Å². The SMILES string of the molecule is O=C(NCCO)NCc1ccccc1-n1ccnc1. The molecule has 2 aromatic rings. The molecule has 0 radical (unpaired) electrons. The number of carbonyl (C=O) groups excluding carboxylic acids is 1. The van der Waals surface area contributed by atoms with Gasteiger partial charge in [-0.1, -0.05) is 18.2 Å². The Morgan fingerprint density at radius 3 is 2.89 bits per heavy atom. The molecule has 0 atom stereocenters. The third kappa shape index (κ3) is 3.56. The highest BCUT2D eigenvalue weighted by Crippen LogP contribution is 2.13. The summed E-state index contributed by atoms with van der Waals surface area (Å²) in [6.07, 6.45) is 5.27. The summed E-state index contributed by atoms with van der Waals surface area (Å²) in [4.78, 5) is 15.4. The van der Waals surface area contributed by atoms with E-state index in [1.807, 2.05) is 35.0 Å². The van der Waals surface area contributed by atoms with E-state index in [1.54, 1.807) is 12.5 Å². The maximum Gasteiger partial charge on any atom is 0.315 e. The predicted octanol–water partition coefficient (Wildman–Crippen LogP) is 0.664. The molecule has 0 saturated carbocycles. The van der Waals surface area contributed by atoms with E-state index in [0.29, 0.717) is 6.54 Å². The van der Waals surface area contributed by atoms with E-state index >= 15 is 0 Å². The molecule has 0 fully saturated rings. The molecule has 1 heterocycles. The van der Waals surface area contributed by atoms with E-state index in [0.717, 1.165) is 11.3 Å². The highest BCUT2D eigenvalue weighted by Gasteiger charge is 2.05. The Kier molecular flexibility index (Phi) is 4.52. The van der Waals surface area contributed by atoms with Crippen molar-refractivity contribution in [1.29, 1.82) is 0 Å². The molecule has 3 N–H and O–H groups in total. The lowest BCUT2D eigenvalue weighted by molar-refractivity contribution is 0.234. The average molecular weight is 260 g/mol. The standard InChI is InChI=1S/C13H16N4O2/c18-8-6-15-13(19)16-9-11-3-1-2-4-12(11)17-7-5-14-10-17/h1-5,7,10,18H,6,8-9H2,(H2,15,16,19). The largest absolute Gasteiger partial charge is 0.395 e. The smallest absolute Gasteiger partial charge is 0.315 e. The first kappa shape index (κ1) is 13.1. The van der Waals surface area contributed by atoms with Crippen LogP contribution in [0.2, 0.25) is 0 Å². The van der Waals surface area contributed by atoms with Gasteiger partial charge in [0.05, 0.1) is 18.6 Å². The second-order valence-corrected chi connectivity index (χ2v) is 3.93. The first-order valence-corrected chi connectivity index (χ1v) is 6.00. The second-order valence-electron chi connectivity index (χ2n) is 3.93. The van der Waals surface area contributed by atoms with E-state index in [2.05, 4.69) is 15.6 Å². The third-order valence-electron chi connectivity index (χ3n) is 2.61. The summed E-state index contributed by atoms with van der Waals surface area (Å²) < 4.78 is 1.89. The van der Waals surface area contributed by atoms with Crippen LogP contribution in [-0.2, 0) is 6.54 Å². The number of nitrogens with zero attached hydrogens (tertiary/aromatic N) is 2. The fourth-order valence-corrected chi connectivity index (χ4v) is 1.72. The molecule has 6 heteroatoms. The Hall–Kier alpha value is -2.34. The molecular formula is C13H16N4O2. The molecule has 2 rings (SSSR count). The number of imidazole rings is 1. The van der Waals surface area contributed by atoms with Gasteiger partial charge in [0.25, 0.3) is 0 Å². The molecule has 100 valence electrons. The predicted molar refractivity (Wildman–Crippen MR) is 70.9 cm³/mol. The van der Waals surface area contributed by atoms with Gasteiger partial charge in [-0.15, -0.1) is 0 Å². The Balaban J connectivity index is 2.03. The van der Waals surface area contributed by atoms with Gasteiger partial charge >= 0.3 is 6.03 Å². The summed E-state index contributed by atoms with van der Waals surface area (Å²) in [7, 11) is 0. The number of hydrogen-bond donors (Lipinski definition) is 3. The van der Waals surface area contributed by atoms with Crippen molar-refractivity contribution in [3.05, 3.63) is 48.5 Å². The summed E-state index contributed by atoms with van der Waals surface area (Å²) in [6.45, 7) is 0.583. The molecule has 0 bridgehead atoms. The first-order chi connectivity index (χ1) is 9.31. The molecule has 0 unspecified atom stereocenters. The van der Waals surface area contributed by atoms with Gasteiger partial charge in [-0.3, -0.25) is 0 Å². The zero-order valence-corrected chi connectivity index (χ0v) is 10.4. The zero-order valence-electron chi connectivity index (χ0n) is 10.4. The average Bonchev–Trinajstić information content (AvgIpc) is 2.97. The fraction of sp³-hybridized carbons (Fsp3) is 0.231. The Morgan fingerprint density at radius 1 is 1.32 bits per heavy atom. The summed E-state index contributed by atoms with van der Waals surface area (Å²) >= 11 is 0. The third-order valence-corrected chi connectivity index (χ3v) is 2.61. The second kappa shape index (κ2) is 6.55. The number of benzene rings is 1. The van der Waals surface area contributed by atoms with Crippen LogP contribution in [-0.4, -0.2) is 33.8 Å². The molecule has 0 saturated heterocycles. The molecule has 2 amide bonds. The van der Waals surface area contributed by atoms with Gasteiger partial charge in [-0.2, -0.15) is 0 Å². The molecule has 1 aromatic carbocycles. The highest BCUT2D eigenvalue weighted by atomic mass is 16.3. The van der Waals surface area contributed by atoms with Crippen LogP contribution in [0.15, 0.2) is 43.0 Å². The maximum absolute atomic E-state index is 11.4. The number of hydrogen-bond acceptors (Lipinski definition) is 3. The number of aliphatic hydroxyl groups is 1. The van der Waals surface area contributed by atoms with Crippen LogP contribution in [0.3, 0.4) is 0 Å². The molecule has 0 aliphatic heterocycles. The molecule has 19 heavy (non-hydrogen) atoms. The topological polar surface area (TPSA) is 79.2 Å². The Labute approximate surface area is 111 Å². The fourth-order valence-electron chi connectivity index (χ4n) is 1.72. The van der Waals surface area contributed by atoms with Gasteiger partial charge in [0.1, 0.15) is 0 Å². The van der Waals surface area contributed by atoms with Gasteiger partial charge in [0.15, 0.2) is 0 Å². The maximum atomic E-state index is 11.4. The van der Waals surface area contributed by atoms with Gasteiger partial charge in [-0.05, 0) is 11.6 Å². The molecule has 1 aromatic heterocycles. The summed E-state index contributed by atoms with van der Waals surface area (Å²) in [5, 5.41) is 13.9. The first-order valence-electron chi connectivity index (χ1n) is 6.00. The van der Waals surface area contributed by atoms with Crippen LogP contribution in [0.1, 0.15) is 5.56 Å². The lowest BCUT2D eigenvalue weighted by Gasteiger charge is -2.11. The highest BCUT2D eigenvalue weighted by molar-refractivity contribution is 5.73. The van der Waals surface area contributed by atoms with Crippen molar-refractivity contribution in [1.82, 2.24) is 20.2 Å². The molecule has 6 nitrogen and oxygen atoms in total. The minimum atomic E-state index is -0.297. The van der Waals surface area contributed by atoms with Crippen molar-refractivity contribution in [2.24, 2.45) is 0 Å². The number of urea groups is 1. The van der Waals surface area contributed by atoms with E-state index in [-0.39, 0.29) is 19.2 Å². The normalized spacial score (nSPS) is 10.2. The van der Waals surface area contributed by atoms with Crippen LogP contribution in [0, 0.1) is 0 Å². The van der Waals surface area contributed by atoms with Crippen molar-refractivity contribution in [3.63, 3.8) is 0 Å². The van der Waals surface area contributed by atoms with Crippen LogP contribution in [0.5, 0.6) is 0 Å². The van der Waals surface area contributed by atoms with Crippen molar-refractivity contribution < 1.29 is 9.90 Å². The van der Waals surface area contributed by atoms with Crippen molar-refractivity contribution in [2.45, 2.75) is 6.54 Å². The summed E-state index contributed by atoms with van der Waals surface area (Å²) in [6, 6.07) is 7.47. The van der Waals surface area contributed by atoms with Crippen molar-refractivity contribution in [3.8, 4) is 5.69 Å². The van der Waals surface area contributed by atoms with Gasteiger partial charge < -0.3 is 20.3 Å². The van der Waals surface area contributed by atoms with E-state index in [4.69, 9.17) is 5.11 Å². The van der Waals surface area contributed by atoms with Crippen molar-refractivity contribution >= 4 is 6.03 Å². The number of aliphatic hydroxyl groups excluding tert-OH is 1. The number of carbonyl (C=O) groups is 1. The lowest BCUT2D eigenvalue weighted by atomic mass is 10.1. The summed E-state index contributed by atoms with van der Waals surface area (Å²) in [5.74, 6) is 0. The number of rotatable bonds is 5. The number of aromatic nitrogens is 2. The quantitative estimate of drug-likeness (QED) is 0.739. The van der Waals surface area contributed by atoms with Crippen LogP contribution < -0.4 is 10.6 Å². The molecule has 0 spiro atoms. The minimum absolute atomic E-state index is 0.0704. The lowest BCUT2D eigenvalue weighted by Crippen LogP contribution is -2.36. The van der Waals surface area contributed by atoms with Crippen LogP contribution >= 0.6 is 0 Å². The van der Waals surface area contributed by atoms with E-state index in [9.17, 15) is 4.79 Å². The number of nitrogens with one attached hydrogen (secondary N) is 2. The molecule has 0 aliphatic rings. The Morgan fingerprint density at radius 2 is 2.16 bits per heavy atom. The monoisotopic (exact) mass is 260 g/mol. The number of amides is 2. The van der Waals surface area contributed by atoms with E-state index < -0.39 is 0 Å². The zero-order chi connectivity index (χ0) is 13.5. The molecule has 0 aliphatic carbocycles. The van der Waals surface area contributed by atoms with Gasteiger partial charge in [0, 0.05) is 25.5 Å². The van der Waals surface area contributed by atoms with Crippen LogP contribution in [0.25, 0.3) is 5.69 Å². The van der Waals surface area contributed by atoms with E-state index in [1.165, 1.54) is 0 Å². The van der Waals surface area contributed by atoms with Crippen LogP contribution in [0.4, 0.5) is 4.79 Å². The Bertz CT molecular complexity index is 525.